The number of hydrogen-bond donors (Lipinski definition) is 2. The van der Waals surface area contributed by atoms with Crippen LogP contribution in [-0.4, -0.2) is 43.2 Å². The molecule has 0 saturated carbocycles. The van der Waals surface area contributed by atoms with Crippen molar-refractivity contribution in [1.29, 1.82) is 0 Å². The molecular formula is C9H20N2OS. The lowest BCUT2D eigenvalue weighted by Crippen LogP contribution is -2.30. The number of thiol groups is 1. The van der Waals surface area contributed by atoms with E-state index in [-0.39, 0.29) is 11.2 Å². The summed E-state index contributed by atoms with van der Waals surface area (Å²) >= 11 is 4.03. The Balaban J connectivity index is 3.21. The second-order valence-electron chi connectivity index (χ2n) is 3.48. The molecule has 0 aromatic heterocycles. The molecule has 0 aliphatic heterocycles. The molecule has 0 spiro atoms. The molecule has 0 aliphatic rings. The first kappa shape index (κ1) is 12.8. The summed E-state index contributed by atoms with van der Waals surface area (Å²) in [6.07, 6.45) is 2.15. The van der Waals surface area contributed by atoms with Gasteiger partial charge in [-0.1, -0.05) is 0 Å². The largest absolute Gasteiger partial charge is 0.355 e. The van der Waals surface area contributed by atoms with Gasteiger partial charge in [-0.15, -0.1) is 0 Å². The van der Waals surface area contributed by atoms with Gasteiger partial charge in [0.1, 0.15) is 0 Å². The van der Waals surface area contributed by atoms with Crippen molar-refractivity contribution in [2.75, 3.05) is 27.2 Å². The molecule has 0 rings (SSSR count). The number of carbonyl (C=O) groups is 1. The van der Waals surface area contributed by atoms with Gasteiger partial charge in [-0.05, 0) is 40.4 Å². The number of carbonyl (C=O) groups excluding carboxylic acids is 1. The number of rotatable bonds is 6. The molecule has 0 saturated heterocycles. The van der Waals surface area contributed by atoms with E-state index in [1.165, 1.54) is 0 Å². The van der Waals surface area contributed by atoms with E-state index in [0.717, 1.165) is 25.9 Å². The van der Waals surface area contributed by atoms with Gasteiger partial charge in [-0.2, -0.15) is 12.6 Å². The summed E-state index contributed by atoms with van der Waals surface area (Å²) in [4.78, 5) is 13.2. The lowest BCUT2D eigenvalue weighted by Gasteiger charge is -2.10. The zero-order valence-electron chi connectivity index (χ0n) is 8.71. The Hall–Kier alpha value is -0.220. The molecule has 13 heavy (non-hydrogen) atoms. The van der Waals surface area contributed by atoms with E-state index >= 15 is 0 Å². The average Bonchev–Trinajstić information content (AvgIpc) is 2.02. The molecule has 0 heterocycles. The van der Waals surface area contributed by atoms with Crippen molar-refractivity contribution >= 4 is 18.5 Å². The van der Waals surface area contributed by atoms with Crippen LogP contribution in [0.15, 0.2) is 0 Å². The fourth-order valence-electron chi connectivity index (χ4n) is 0.912. The lowest BCUT2D eigenvalue weighted by atomic mass is 10.3. The Morgan fingerprint density at radius 1 is 1.46 bits per heavy atom. The lowest BCUT2D eigenvalue weighted by molar-refractivity contribution is -0.120. The molecule has 78 valence electrons. The van der Waals surface area contributed by atoms with Gasteiger partial charge < -0.3 is 10.2 Å². The number of nitrogens with one attached hydrogen (secondary N) is 1. The molecule has 4 heteroatoms. The van der Waals surface area contributed by atoms with Gasteiger partial charge in [0.25, 0.3) is 0 Å². The fourth-order valence-corrected chi connectivity index (χ4v) is 1.00. The van der Waals surface area contributed by atoms with E-state index in [0.29, 0.717) is 0 Å². The first-order valence-electron chi connectivity index (χ1n) is 4.64. The smallest absolute Gasteiger partial charge is 0.232 e. The molecular weight excluding hydrogens is 184 g/mol. The topological polar surface area (TPSA) is 32.3 Å². The predicted octanol–water partition coefficient (Wildman–Crippen LogP) is 0.763. The SMILES string of the molecule is CC(S)C(=O)NCCCCN(C)C. The van der Waals surface area contributed by atoms with Gasteiger partial charge in [0, 0.05) is 6.54 Å². The minimum atomic E-state index is -0.200. The van der Waals surface area contributed by atoms with Gasteiger partial charge in [0.15, 0.2) is 0 Å². The quantitative estimate of drug-likeness (QED) is 0.494. The first-order chi connectivity index (χ1) is 6.04. The molecule has 0 bridgehead atoms. The maximum absolute atomic E-state index is 11.0. The van der Waals surface area contributed by atoms with Crippen LogP contribution in [0.25, 0.3) is 0 Å². The summed E-state index contributed by atoms with van der Waals surface area (Å²) in [6.45, 7) is 3.61. The number of hydrogen-bond acceptors (Lipinski definition) is 3. The Labute approximate surface area is 86.3 Å². The van der Waals surface area contributed by atoms with Gasteiger partial charge >= 0.3 is 0 Å². The second kappa shape index (κ2) is 7.21. The molecule has 0 aromatic carbocycles. The van der Waals surface area contributed by atoms with Gasteiger partial charge in [-0.3, -0.25) is 4.79 Å². The average molecular weight is 204 g/mol. The molecule has 1 N–H and O–H groups in total. The molecule has 1 unspecified atom stereocenters. The zero-order chi connectivity index (χ0) is 10.3. The van der Waals surface area contributed by atoms with Crippen molar-refractivity contribution in [2.45, 2.75) is 25.0 Å². The minimum absolute atomic E-state index is 0.0215. The predicted molar refractivity (Wildman–Crippen MR) is 59.2 cm³/mol. The van der Waals surface area contributed by atoms with Crippen molar-refractivity contribution in [1.82, 2.24) is 10.2 Å². The Morgan fingerprint density at radius 3 is 2.54 bits per heavy atom. The summed E-state index contributed by atoms with van der Waals surface area (Å²) < 4.78 is 0. The Bertz CT molecular complexity index is 149. The molecule has 1 amide bonds. The maximum Gasteiger partial charge on any atom is 0.232 e. The first-order valence-corrected chi connectivity index (χ1v) is 5.16. The Morgan fingerprint density at radius 2 is 2.08 bits per heavy atom. The monoisotopic (exact) mass is 204 g/mol. The summed E-state index contributed by atoms with van der Waals surface area (Å²) in [5.41, 5.74) is 0. The third-order valence-electron chi connectivity index (χ3n) is 1.71. The van der Waals surface area contributed by atoms with Crippen molar-refractivity contribution in [3.63, 3.8) is 0 Å². The van der Waals surface area contributed by atoms with Crippen molar-refractivity contribution in [3.05, 3.63) is 0 Å². The third-order valence-corrected chi connectivity index (χ3v) is 1.95. The molecule has 0 aliphatic carbocycles. The van der Waals surface area contributed by atoms with Crippen molar-refractivity contribution in [3.8, 4) is 0 Å². The van der Waals surface area contributed by atoms with Crippen LogP contribution in [0, 0.1) is 0 Å². The summed E-state index contributed by atoms with van der Waals surface area (Å²) in [6, 6.07) is 0. The standard InChI is InChI=1S/C9H20N2OS/c1-8(13)9(12)10-6-4-5-7-11(2)3/h8,13H,4-7H2,1-3H3,(H,10,12). The number of unbranched alkanes of at least 4 members (excludes halogenated alkanes) is 1. The third kappa shape index (κ3) is 8.12. The van der Waals surface area contributed by atoms with Crippen LogP contribution in [0.5, 0.6) is 0 Å². The molecule has 0 fully saturated rings. The highest BCUT2D eigenvalue weighted by Crippen LogP contribution is 1.93. The van der Waals surface area contributed by atoms with E-state index < -0.39 is 0 Å². The Kier molecular flexibility index (Phi) is 7.09. The van der Waals surface area contributed by atoms with Gasteiger partial charge in [0.05, 0.1) is 5.25 Å². The highest BCUT2D eigenvalue weighted by Gasteiger charge is 2.05. The van der Waals surface area contributed by atoms with Gasteiger partial charge in [0.2, 0.25) is 5.91 Å². The van der Waals surface area contributed by atoms with Crippen LogP contribution >= 0.6 is 12.6 Å². The molecule has 0 aromatic rings. The zero-order valence-corrected chi connectivity index (χ0v) is 9.60. The van der Waals surface area contributed by atoms with Crippen LogP contribution in [-0.2, 0) is 4.79 Å². The molecule has 0 radical (unpaired) electrons. The minimum Gasteiger partial charge on any atom is -0.355 e. The van der Waals surface area contributed by atoms with E-state index in [4.69, 9.17) is 0 Å². The van der Waals surface area contributed by atoms with E-state index in [2.05, 4.69) is 22.8 Å². The van der Waals surface area contributed by atoms with Gasteiger partial charge in [-0.25, -0.2) is 0 Å². The highest BCUT2D eigenvalue weighted by molar-refractivity contribution is 7.81. The van der Waals surface area contributed by atoms with Crippen molar-refractivity contribution in [2.24, 2.45) is 0 Å². The van der Waals surface area contributed by atoms with Crippen LogP contribution in [0.1, 0.15) is 19.8 Å². The van der Waals surface area contributed by atoms with E-state index in [1.807, 2.05) is 14.1 Å². The van der Waals surface area contributed by atoms with Crippen LogP contribution in [0.3, 0.4) is 0 Å². The molecule has 3 nitrogen and oxygen atoms in total. The van der Waals surface area contributed by atoms with E-state index in [9.17, 15) is 4.79 Å². The van der Waals surface area contributed by atoms with E-state index in [1.54, 1.807) is 6.92 Å². The van der Waals surface area contributed by atoms with Crippen LogP contribution < -0.4 is 5.32 Å². The number of nitrogens with zero attached hydrogens (tertiary/aromatic N) is 1. The fraction of sp³-hybridized carbons (Fsp3) is 0.889. The van der Waals surface area contributed by atoms with Crippen LogP contribution in [0.2, 0.25) is 0 Å². The van der Waals surface area contributed by atoms with Crippen molar-refractivity contribution < 1.29 is 4.79 Å². The summed E-state index contributed by atoms with van der Waals surface area (Å²) in [7, 11) is 4.10. The summed E-state index contributed by atoms with van der Waals surface area (Å²) in [5, 5.41) is 2.62. The number of amides is 1. The second-order valence-corrected chi connectivity index (χ2v) is 4.25. The van der Waals surface area contributed by atoms with Crippen LogP contribution in [0.4, 0.5) is 0 Å². The maximum atomic E-state index is 11.0. The normalized spacial score (nSPS) is 13.0. The highest BCUT2D eigenvalue weighted by atomic mass is 32.1. The molecule has 1 atom stereocenters. The summed E-state index contributed by atoms with van der Waals surface area (Å²) in [5.74, 6) is 0.0215.